The summed E-state index contributed by atoms with van der Waals surface area (Å²) in [5.41, 5.74) is 16.6. The maximum Gasteiger partial charge on any atom is 0.326 e. The lowest BCUT2D eigenvalue weighted by Gasteiger charge is -2.32. The summed E-state index contributed by atoms with van der Waals surface area (Å²) < 4.78 is 0. The molecule has 7 amide bonds. The first-order valence-corrected chi connectivity index (χ1v) is 20.9. The fraction of sp³-hybridized carbons (Fsp3) is 0.769. The van der Waals surface area contributed by atoms with Gasteiger partial charge >= 0.3 is 5.97 Å². The van der Waals surface area contributed by atoms with Crippen LogP contribution in [0.1, 0.15) is 93.9 Å². The van der Waals surface area contributed by atoms with Gasteiger partial charge in [-0.1, -0.05) is 61.8 Å². The van der Waals surface area contributed by atoms with Gasteiger partial charge in [-0.25, -0.2) is 4.79 Å². The van der Waals surface area contributed by atoms with E-state index in [1.807, 2.05) is 0 Å². The van der Waals surface area contributed by atoms with E-state index in [1.165, 1.54) is 4.90 Å². The summed E-state index contributed by atoms with van der Waals surface area (Å²) in [5.74, 6) is -8.20. The average Bonchev–Trinajstić information content (AvgIpc) is 3.69. The molecule has 61 heavy (non-hydrogen) atoms. The zero-order chi connectivity index (χ0) is 46.7. The summed E-state index contributed by atoms with van der Waals surface area (Å²) in [5, 5.41) is 45.0. The van der Waals surface area contributed by atoms with E-state index in [1.54, 1.807) is 55.4 Å². The fourth-order valence-corrected chi connectivity index (χ4v) is 6.43. The number of nitrogens with one attached hydrogen (secondary N) is 6. The molecule has 0 bridgehead atoms. The Morgan fingerprint density at radius 3 is 1.72 bits per heavy atom. The Morgan fingerprint density at radius 2 is 1.23 bits per heavy atom. The first kappa shape index (κ1) is 53.9. The predicted octanol–water partition coefficient (Wildman–Crippen LogP) is -3.26. The van der Waals surface area contributed by atoms with E-state index in [-0.39, 0.29) is 56.6 Å². The molecule has 15 N–H and O–H groups in total. The summed E-state index contributed by atoms with van der Waals surface area (Å²) >= 11 is 0. The number of aliphatic carboxylic acids is 1. The zero-order valence-electron chi connectivity index (χ0n) is 36.7. The number of carbonyl (C=O) groups excluding carboxylic acids is 7. The molecule has 1 fully saturated rings. The van der Waals surface area contributed by atoms with Crippen molar-refractivity contribution in [2.45, 2.75) is 142 Å². The number of carboxylic acid groups (broad SMARTS) is 1. The maximum atomic E-state index is 14.0. The summed E-state index contributed by atoms with van der Waals surface area (Å²) in [6.45, 7) is 12.3. The molecule has 1 saturated heterocycles. The van der Waals surface area contributed by atoms with Crippen molar-refractivity contribution in [2.24, 2.45) is 45.9 Å². The van der Waals surface area contributed by atoms with Crippen LogP contribution in [0.5, 0.6) is 0 Å². The molecular formula is C39H71N11O11. The minimum absolute atomic E-state index is 0.0207. The van der Waals surface area contributed by atoms with Crippen molar-refractivity contribution in [3.05, 3.63) is 0 Å². The highest BCUT2D eigenvalue weighted by molar-refractivity contribution is 5.98. The summed E-state index contributed by atoms with van der Waals surface area (Å²) in [4.78, 5) is 111. The quantitative estimate of drug-likeness (QED) is 0.0231. The topological polar surface area (TPSA) is 363 Å². The molecule has 22 heteroatoms. The molecule has 0 radical (unpaired) electrons. The van der Waals surface area contributed by atoms with Crippen molar-refractivity contribution < 1.29 is 53.7 Å². The van der Waals surface area contributed by atoms with Gasteiger partial charge in [0, 0.05) is 13.1 Å². The Bertz CT molecular complexity index is 1540. The molecule has 0 aromatic carbocycles. The molecule has 0 unspecified atom stereocenters. The molecule has 1 heterocycles. The number of carboxylic acids is 1. The van der Waals surface area contributed by atoms with Crippen LogP contribution in [0.25, 0.3) is 0 Å². The minimum atomic E-state index is -1.60. The molecule has 0 aromatic heterocycles. The molecule has 0 aliphatic carbocycles. The van der Waals surface area contributed by atoms with Crippen LogP contribution in [-0.2, 0) is 38.4 Å². The number of nitrogens with zero attached hydrogens (tertiary/aromatic N) is 2. The highest BCUT2D eigenvalue weighted by Crippen LogP contribution is 2.22. The number of amides is 7. The number of aliphatic hydroxyl groups is 2. The maximum absolute atomic E-state index is 14.0. The molecule has 1 aliphatic rings. The third kappa shape index (κ3) is 17.4. The molecule has 0 saturated carbocycles. The Balaban J connectivity index is 3.16. The highest BCUT2D eigenvalue weighted by atomic mass is 16.4. The van der Waals surface area contributed by atoms with Crippen molar-refractivity contribution in [1.82, 2.24) is 36.8 Å². The minimum Gasteiger partial charge on any atom is -0.480 e. The number of nitrogens with two attached hydrogens (primary N) is 3. The highest BCUT2D eigenvalue weighted by Gasteiger charge is 2.41. The third-order valence-corrected chi connectivity index (χ3v) is 10.4. The van der Waals surface area contributed by atoms with Crippen LogP contribution in [-0.4, -0.2) is 148 Å². The SMILES string of the molecule is CC[C@H](C)[C@H](NC(=O)[C@H](CO)NC(=O)[C@H](CC(C)C)NC(=O)[C@H](CO)NC(=O)[C@@H](NC(=O)[C@@H](N)C(C)C)C(C)C)C(=O)N1CCC[C@H]1C(=O)N[C@@H](CCCN=C(N)N)C(=O)O. The normalized spacial score (nSPS) is 17.8. The number of aliphatic hydroxyl groups excluding tert-OH is 2. The standard InChI is InChI=1S/C39H71N11O11/c1-9-22(8)30(37(59)50-15-11-13-27(50)34(56)44-23(38(60)61)12-10-14-43-39(41)42)49-33(55)26(18-52)46-31(53)24(16-19(2)3)45-32(54)25(17-51)47-36(58)29(21(6)7)48-35(57)28(40)20(4)5/h19-30,51-52H,9-18,40H2,1-8H3,(H,44,56)(H,45,54)(H,46,53)(H,47,58)(H,48,57)(H,49,55)(H,60,61)(H4,41,42,43)/t22-,23-,24-,25-,26-,27-,28-,29-,30-/m0/s1. The lowest BCUT2D eigenvalue weighted by Crippen LogP contribution is -2.62. The Kier molecular flexibility index (Phi) is 23.2. The van der Waals surface area contributed by atoms with Crippen LogP contribution in [0.4, 0.5) is 0 Å². The van der Waals surface area contributed by atoms with Crippen LogP contribution in [0, 0.1) is 23.7 Å². The van der Waals surface area contributed by atoms with Gasteiger partial charge in [-0.2, -0.15) is 0 Å². The molecule has 1 aliphatic heterocycles. The second-order valence-corrected chi connectivity index (χ2v) is 16.6. The average molecular weight is 870 g/mol. The number of aliphatic imine (C=N–C) groups is 1. The molecule has 0 spiro atoms. The monoisotopic (exact) mass is 870 g/mol. The number of hydrogen-bond donors (Lipinski definition) is 12. The van der Waals surface area contributed by atoms with Crippen molar-refractivity contribution in [3.8, 4) is 0 Å². The largest absolute Gasteiger partial charge is 0.480 e. The number of rotatable bonds is 26. The third-order valence-electron chi connectivity index (χ3n) is 10.4. The summed E-state index contributed by atoms with van der Waals surface area (Å²) in [6, 6.07) is -10.0. The molecule has 348 valence electrons. The van der Waals surface area contributed by atoms with Gasteiger partial charge in [-0.05, 0) is 55.8 Å². The Hall–Kier alpha value is -5.09. The fourth-order valence-electron chi connectivity index (χ4n) is 6.43. The van der Waals surface area contributed by atoms with Crippen LogP contribution in [0.2, 0.25) is 0 Å². The lowest BCUT2D eigenvalue weighted by atomic mass is 9.96. The Labute approximate surface area is 357 Å². The molecule has 1 rings (SSSR count). The van der Waals surface area contributed by atoms with Crippen LogP contribution in [0.3, 0.4) is 0 Å². The van der Waals surface area contributed by atoms with E-state index < -0.39 is 121 Å². The van der Waals surface area contributed by atoms with Crippen molar-refractivity contribution >= 4 is 53.3 Å². The predicted molar refractivity (Wildman–Crippen MR) is 225 cm³/mol. The van der Waals surface area contributed by atoms with Gasteiger partial charge in [0.05, 0.1) is 19.3 Å². The van der Waals surface area contributed by atoms with E-state index in [0.29, 0.717) is 12.8 Å². The van der Waals surface area contributed by atoms with Crippen LogP contribution in [0.15, 0.2) is 4.99 Å². The van der Waals surface area contributed by atoms with E-state index in [0.717, 1.165) is 0 Å². The van der Waals surface area contributed by atoms with Crippen LogP contribution >= 0.6 is 0 Å². The van der Waals surface area contributed by atoms with E-state index in [4.69, 9.17) is 17.2 Å². The number of carbonyl (C=O) groups is 8. The summed E-state index contributed by atoms with van der Waals surface area (Å²) in [6.07, 6.45) is 1.37. The van der Waals surface area contributed by atoms with Gasteiger partial charge in [0.15, 0.2) is 5.96 Å². The van der Waals surface area contributed by atoms with E-state index in [9.17, 15) is 53.7 Å². The number of guanidine groups is 1. The van der Waals surface area contributed by atoms with E-state index in [2.05, 4.69) is 36.9 Å². The molecule has 9 atom stereocenters. The second kappa shape index (κ2) is 26.3. The molecule has 22 nitrogen and oxygen atoms in total. The van der Waals surface area contributed by atoms with Gasteiger partial charge in [-0.15, -0.1) is 0 Å². The smallest absolute Gasteiger partial charge is 0.326 e. The first-order valence-electron chi connectivity index (χ1n) is 20.9. The number of hydrogen-bond acceptors (Lipinski definition) is 12. The van der Waals surface area contributed by atoms with Gasteiger partial charge in [-0.3, -0.25) is 38.6 Å². The Morgan fingerprint density at radius 1 is 0.705 bits per heavy atom. The van der Waals surface area contributed by atoms with Gasteiger partial charge in [0.2, 0.25) is 41.4 Å². The summed E-state index contributed by atoms with van der Waals surface area (Å²) in [7, 11) is 0. The van der Waals surface area contributed by atoms with Crippen molar-refractivity contribution in [3.63, 3.8) is 0 Å². The number of likely N-dealkylation sites (tertiary alicyclic amines) is 1. The van der Waals surface area contributed by atoms with Crippen LogP contribution < -0.4 is 49.1 Å². The molecular weight excluding hydrogens is 798 g/mol. The lowest BCUT2D eigenvalue weighted by molar-refractivity contribution is -0.145. The van der Waals surface area contributed by atoms with Gasteiger partial charge in [0.25, 0.3) is 0 Å². The second-order valence-electron chi connectivity index (χ2n) is 16.6. The zero-order valence-corrected chi connectivity index (χ0v) is 36.7. The first-order chi connectivity index (χ1) is 28.5. The van der Waals surface area contributed by atoms with Crippen molar-refractivity contribution in [2.75, 3.05) is 26.3 Å². The van der Waals surface area contributed by atoms with Crippen molar-refractivity contribution in [1.29, 1.82) is 0 Å². The molecule has 0 aromatic rings. The van der Waals surface area contributed by atoms with Gasteiger partial charge < -0.3 is 69.3 Å². The van der Waals surface area contributed by atoms with E-state index >= 15 is 0 Å². The van der Waals surface area contributed by atoms with Gasteiger partial charge in [0.1, 0.15) is 42.3 Å².